The Balaban J connectivity index is 1.73. The molecular formula is C32H38O15. The van der Waals surface area contributed by atoms with Crippen LogP contribution in [0.3, 0.4) is 0 Å². The van der Waals surface area contributed by atoms with E-state index in [0.29, 0.717) is 11.3 Å². The highest BCUT2D eigenvalue weighted by Gasteiger charge is 2.53. The predicted octanol–water partition coefficient (Wildman–Crippen LogP) is 3.14. The molecule has 0 amide bonds. The molecule has 256 valence electrons. The number of fused-ring (bicyclic) bond motifs is 1. The molecule has 1 aromatic heterocycles. The number of carbonyl (C=O) groups excluding carboxylic acids is 5. The quantitative estimate of drug-likeness (QED) is 0.205. The maximum Gasteiger partial charge on any atom is 0.383 e. The molecule has 15 heteroatoms. The van der Waals surface area contributed by atoms with Gasteiger partial charge in [-0.3, -0.25) is 24.0 Å². The monoisotopic (exact) mass is 662 g/mol. The Kier molecular flexibility index (Phi) is 11.4. The number of hydrogen-bond acceptors (Lipinski definition) is 15. The second-order valence-corrected chi connectivity index (χ2v) is 11.5. The largest absolute Gasteiger partial charge is 0.485 e. The molecule has 4 rings (SSSR count). The molecule has 15 nitrogen and oxygen atoms in total. The lowest BCUT2D eigenvalue weighted by atomic mass is 9.89. The Morgan fingerprint density at radius 2 is 1.36 bits per heavy atom. The standard InChI is InChI=1S/C32H38O15/c1-15-7-9-21(10-8-15)44-26-23-12-11-22(13-24(23)46-31(38)29(26)42-19(5)36)45-32-30(43-20(6)37)28(41-18(4)35)27(40-17(3)34)25(47-32)14-39-16(2)33/h11-13,15,21,25,27-28,30,32H,7-10,14H2,1-6H3/t15-,21-,25-,27+,28+,30-,32-/m1/s1. The van der Waals surface area contributed by atoms with E-state index in [9.17, 15) is 28.8 Å². The number of benzene rings is 1. The van der Waals surface area contributed by atoms with Gasteiger partial charge in [-0.1, -0.05) is 6.92 Å². The minimum absolute atomic E-state index is 0.00761. The minimum atomic E-state index is -1.51. The normalized spacial score (nSPS) is 25.6. The molecule has 0 bridgehead atoms. The first-order valence-corrected chi connectivity index (χ1v) is 15.1. The van der Waals surface area contributed by atoms with E-state index in [1.807, 2.05) is 0 Å². The number of ether oxygens (including phenoxy) is 8. The lowest BCUT2D eigenvalue weighted by Gasteiger charge is -2.43. The Morgan fingerprint density at radius 1 is 0.745 bits per heavy atom. The van der Waals surface area contributed by atoms with E-state index < -0.39 is 72.8 Å². The number of carbonyl (C=O) groups is 5. The van der Waals surface area contributed by atoms with E-state index in [2.05, 4.69) is 6.92 Å². The van der Waals surface area contributed by atoms with Crippen LogP contribution in [-0.2, 0) is 47.7 Å². The molecule has 1 saturated carbocycles. The summed E-state index contributed by atoms with van der Waals surface area (Å²) in [6.07, 6.45) is -3.90. The van der Waals surface area contributed by atoms with E-state index in [1.54, 1.807) is 0 Å². The molecule has 0 radical (unpaired) electrons. The topological polar surface area (TPSA) is 189 Å². The Hall–Kier alpha value is -4.66. The molecule has 1 aliphatic heterocycles. The van der Waals surface area contributed by atoms with Crippen LogP contribution in [0.15, 0.2) is 27.4 Å². The number of rotatable bonds is 10. The van der Waals surface area contributed by atoms with Gasteiger partial charge in [0.1, 0.15) is 24.0 Å². The summed E-state index contributed by atoms with van der Waals surface area (Å²) in [7, 11) is 0. The molecule has 1 aliphatic carbocycles. The van der Waals surface area contributed by atoms with Crippen LogP contribution in [-0.4, -0.2) is 73.3 Å². The third-order valence-corrected chi connectivity index (χ3v) is 7.49. The Labute approximate surface area is 269 Å². The number of esters is 5. The van der Waals surface area contributed by atoms with Crippen molar-refractivity contribution >= 4 is 40.8 Å². The summed E-state index contributed by atoms with van der Waals surface area (Å²) in [5.74, 6) is -3.53. The predicted molar refractivity (Wildman–Crippen MR) is 158 cm³/mol. The van der Waals surface area contributed by atoms with Crippen molar-refractivity contribution in [3.05, 3.63) is 28.6 Å². The zero-order valence-corrected chi connectivity index (χ0v) is 26.9. The van der Waals surface area contributed by atoms with Gasteiger partial charge in [0.25, 0.3) is 5.75 Å². The van der Waals surface area contributed by atoms with Crippen LogP contribution in [0.2, 0.25) is 0 Å². The molecule has 2 fully saturated rings. The van der Waals surface area contributed by atoms with Gasteiger partial charge in [-0.15, -0.1) is 0 Å². The van der Waals surface area contributed by atoms with Crippen LogP contribution in [0.4, 0.5) is 0 Å². The first-order chi connectivity index (χ1) is 22.2. The SMILES string of the molecule is CC(=O)OC[C@H]1O[C@@H](Oc2ccc3c(O[C@H]4CC[C@H](C)CC4)c(OC(C)=O)c(=O)oc3c2)[C@H](OC(C)=O)[C@@H](OC(C)=O)[C@H]1OC(C)=O. The van der Waals surface area contributed by atoms with Crippen LogP contribution in [0.1, 0.15) is 67.2 Å². The summed E-state index contributed by atoms with van der Waals surface area (Å²) in [5, 5.41) is 0.313. The molecule has 5 atom stereocenters. The fourth-order valence-corrected chi connectivity index (χ4v) is 5.49. The summed E-state index contributed by atoms with van der Waals surface area (Å²) < 4.78 is 50.3. The Morgan fingerprint density at radius 3 is 1.96 bits per heavy atom. The highest BCUT2D eigenvalue weighted by molar-refractivity contribution is 5.87. The first-order valence-electron chi connectivity index (χ1n) is 15.1. The fourth-order valence-electron chi connectivity index (χ4n) is 5.49. The van der Waals surface area contributed by atoms with Crippen LogP contribution < -0.4 is 19.8 Å². The molecule has 0 spiro atoms. The van der Waals surface area contributed by atoms with E-state index in [0.717, 1.165) is 60.3 Å². The summed E-state index contributed by atoms with van der Waals surface area (Å²) in [6, 6.07) is 4.34. The van der Waals surface area contributed by atoms with Crippen molar-refractivity contribution in [1.29, 1.82) is 0 Å². The van der Waals surface area contributed by atoms with Gasteiger partial charge in [-0.2, -0.15) is 0 Å². The van der Waals surface area contributed by atoms with Crippen molar-refractivity contribution in [3.8, 4) is 17.2 Å². The minimum Gasteiger partial charge on any atom is -0.485 e. The lowest BCUT2D eigenvalue weighted by molar-refractivity contribution is -0.288. The smallest absolute Gasteiger partial charge is 0.383 e. The second-order valence-electron chi connectivity index (χ2n) is 11.5. The van der Waals surface area contributed by atoms with Crippen LogP contribution >= 0.6 is 0 Å². The van der Waals surface area contributed by atoms with Crippen molar-refractivity contribution < 1.29 is 66.3 Å². The maximum atomic E-state index is 13.0. The fraction of sp³-hybridized carbons (Fsp3) is 0.562. The molecule has 2 aromatic rings. The van der Waals surface area contributed by atoms with Gasteiger partial charge in [-0.25, -0.2) is 4.79 Å². The van der Waals surface area contributed by atoms with Crippen molar-refractivity contribution in [2.24, 2.45) is 5.92 Å². The summed E-state index contributed by atoms with van der Waals surface area (Å²) in [6.45, 7) is 7.34. The van der Waals surface area contributed by atoms with Crippen LogP contribution in [0.25, 0.3) is 11.0 Å². The summed E-state index contributed by atoms with van der Waals surface area (Å²) in [4.78, 5) is 72.7. The molecule has 47 heavy (non-hydrogen) atoms. The van der Waals surface area contributed by atoms with Crippen molar-refractivity contribution in [1.82, 2.24) is 0 Å². The van der Waals surface area contributed by atoms with Gasteiger partial charge in [0.15, 0.2) is 18.0 Å². The average Bonchev–Trinajstić information content (AvgIpc) is 2.97. The van der Waals surface area contributed by atoms with Gasteiger partial charge in [-0.05, 0) is 43.7 Å². The zero-order valence-electron chi connectivity index (χ0n) is 26.9. The van der Waals surface area contributed by atoms with Gasteiger partial charge < -0.3 is 42.3 Å². The third kappa shape index (κ3) is 9.21. The van der Waals surface area contributed by atoms with Gasteiger partial charge in [0.2, 0.25) is 12.4 Å². The van der Waals surface area contributed by atoms with Crippen LogP contribution in [0.5, 0.6) is 17.2 Å². The van der Waals surface area contributed by atoms with Crippen molar-refractivity contribution in [3.63, 3.8) is 0 Å². The third-order valence-electron chi connectivity index (χ3n) is 7.49. The van der Waals surface area contributed by atoms with E-state index in [1.165, 1.54) is 18.2 Å². The van der Waals surface area contributed by atoms with E-state index in [-0.39, 0.29) is 28.9 Å². The molecule has 2 heterocycles. The number of hydrogen-bond donors (Lipinski definition) is 0. The molecule has 2 aliphatic rings. The highest BCUT2D eigenvalue weighted by atomic mass is 16.7. The first kappa shape index (κ1) is 35.2. The van der Waals surface area contributed by atoms with Gasteiger partial charge in [0.05, 0.1) is 11.5 Å². The van der Waals surface area contributed by atoms with E-state index >= 15 is 0 Å². The Bertz CT molecular complexity index is 1550. The highest BCUT2D eigenvalue weighted by Crippen LogP contribution is 2.39. The van der Waals surface area contributed by atoms with Crippen molar-refractivity contribution in [2.75, 3.05) is 6.61 Å². The van der Waals surface area contributed by atoms with E-state index in [4.69, 9.17) is 42.3 Å². The summed E-state index contributed by atoms with van der Waals surface area (Å²) in [5.41, 5.74) is -0.954. The lowest BCUT2D eigenvalue weighted by Crippen LogP contribution is -2.63. The second kappa shape index (κ2) is 15.3. The molecule has 0 N–H and O–H groups in total. The van der Waals surface area contributed by atoms with Crippen LogP contribution in [0, 0.1) is 5.92 Å². The zero-order chi connectivity index (χ0) is 34.4. The maximum absolute atomic E-state index is 13.0. The van der Waals surface area contributed by atoms with Crippen molar-refractivity contribution in [2.45, 2.75) is 104 Å². The summed E-state index contributed by atoms with van der Waals surface area (Å²) >= 11 is 0. The average molecular weight is 663 g/mol. The molecule has 1 saturated heterocycles. The van der Waals surface area contributed by atoms with Gasteiger partial charge in [0, 0.05) is 40.7 Å². The molecule has 1 aromatic carbocycles. The molecule has 0 unspecified atom stereocenters. The van der Waals surface area contributed by atoms with Gasteiger partial charge >= 0.3 is 35.5 Å². The molecular weight excluding hydrogens is 624 g/mol.